The van der Waals surface area contributed by atoms with Gasteiger partial charge in [-0.15, -0.1) is 6.42 Å². The lowest BCUT2D eigenvalue weighted by Gasteiger charge is -2.38. The number of terminal acetylenes is 1. The van der Waals surface area contributed by atoms with E-state index in [1.54, 1.807) is 0 Å². The molecule has 4 rings (SSSR count). The summed E-state index contributed by atoms with van der Waals surface area (Å²) in [5, 5.41) is 0. The summed E-state index contributed by atoms with van der Waals surface area (Å²) in [6.45, 7) is 4.89. The van der Waals surface area contributed by atoms with Gasteiger partial charge in [0, 0.05) is 37.2 Å². The summed E-state index contributed by atoms with van der Waals surface area (Å²) in [6, 6.07) is 16.4. The molecule has 4 heteroatoms. The number of rotatable bonds is 4. The number of carbonyl (C=O) groups excluding carboxylic acids is 1. The van der Waals surface area contributed by atoms with Gasteiger partial charge in [0.25, 0.3) is 0 Å². The summed E-state index contributed by atoms with van der Waals surface area (Å²) >= 11 is 0. The molecule has 28 heavy (non-hydrogen) atoms. The lowest BCUT2D eigenvalue weighted by atomic mass is 9.89. The number of piperidine rings is 1. The van der Waals surface area contributed by atoms with Gasteiger partial charge in [0.1, 0.15) is 6.61 Å². The first-order valence-electron chi connectivity index (χ1n) is 10.0. The highest BCUT2D eigenvalue weighted by molar-refractivity contribution is 5.73. The molecule has 4 nitrogen and oxygen atoms in total. The molecule has 0 saturated carbocycles. The van der Waals surface area contributed by atoms with Crippen LogP contribution in [0.2, 0.25) is 0 Å². The van der Waals surface area contributed by atoms with Crippen LogP contribution >= 0.6 is 0 Å². The van der Waals surface area contributed by atoms with Crippen molar-refractivity contribution in [1.82, 2.24) is 4.90 Å². The maximum Gasteiger partial charge on any atom is 0.410 e. The number of nitrogens with zero attached hydrogens (tertiary/aromatic N) is 2. The van der Waals surface area contributed by atoms with Crippen LogP contribution in [0, 0.1) is 12.3 Å². The van der Waals surface area contributed by atoms with E-state index >= 15 is 0 Å². The van der Waals surface area contributed by atoms with Crippen molar-refractivity contribution in [3.8, 4) is 12.3 Å². The number of benzene rings is 2. The molecule has 2 aromatic carbocycles. The number of hydrogen-bond acceptors (Lipinski definition) is 3. The average Bonchev–Trinajstić information content (AvgIpc) is 3.06. The Kier molecular flexibility index (Phi) is 5.25. The van der Waals surface area contributed by atoms with Crippen LogP contribution in [-0.4, -0.2) is 36.7 Å². The van der Waals surface area contributed by atoms with Gasteiger partial charge in [0.05, 0.1) is 5.69 Å². The van der Waals surface area contributed by atoms with E-state index in [1.165, 1.54) is 11.3 Å². The van der Waals surface area contributed by atoms with Crippen molar-refractivity contribution in [1.29, 1.82) is 0 Å². The maximum absolute atomic E-state index is 12.7. The fourth-order valence-corrected chi connectivity index (χ4v) is 4.58. The summed E-state index contributed by atoms with van der Waals surface area (Å²) in [5.41, 5.74) is 4.43. The van der Waals surface area contributed by atoms with Crippen molar-refractivity contribution in [2.45, 2.75) is 38.3 Å². The van der Waals surface area contributed by atoms with Gasteiger partial charge in [-0.25, -0.2) is 4.79 Å². The molecule has 0 aliphatic carbocycles. The molecular weight excluding hydrogens is 348 g/mol. The summed E-state index contributed by atoms with van der Waals surface area (Å²) in [4.78, 5) is 17.0. The Morgan fingerprint density at radius 2 is 2.04 bits per heavy atom. The fourth-order valence-electron chi connectivity index (χ4n) is 4.58. The fraction of sp³-hybridized carbons (Fsp3) is 0.375. The second-order valence-electron chi connectivity index (χ2n) is 7.53. The van der Waals surface area contributed by atoms with Gasteiger partial charge in [-0.1, -0.05) is 55.3 Å². The normalized spacial score (nSPS) is 20.3. The van der Waals surface area contributed by atoms with Gasteiger partial charge in [0.15, 0.2) is 0 Å². The van der Waals surface area contributed by atoms with Crippen molar-refractivity contribution in [2.75, 3.05) is 24.5 Å². The molecule has 2 unspecified atom stereocenters. The van der Waals surface area contributed by atoms with Crippen LogP contribution in [-0.2, 0) is 11.3 Å². The number of amides is 1. The van der Waals surface area contributed by atoms with Crippen LogP contribution in [0.15, 0.2) is 48.5 Å². The molecule has 1 amide bonds. The Hall–Kier alpha value is -2.93. The number of para-hydroxylation sites is 1. The van der Waals surface area contributed by atoms with Gasteiger partial charge in [-0.2, -0.15) is 0 Å². The minimum absolute atomic E-state index is 0.231. The highest BCUT2D eigenvalue weighted by Gasteiger charge is 2.43. The molecule has 1 fully saturated rings. The molecule has 0 radical (unpaired) electrons. The van der Waals surface area contributed by atoms with E-state index in [2.05, 4.69) is 23.8 Å². The second-order valence-corrected chi connectivity index (χ2v) is 7.53. The summed E-state index contributed by atoms with van der Waals surface area (Å²) in [5.74, 6) is 3.14. The van der Waals surface area contributed by atoms with Crippen molar-refractivity contribution in [3.05, 3.63) is 65.2 Å². The largest absolute Gasteiger partial charge is 0.445 e. The van der Waals surface area contributed by atoms with Crippen LogP contribution in [0.25, 0.3) is 0 Å². The molecule has 2 atom stereocenters. The van der Waals surface area contributed by atoms with E-state index in [9.17, 15) is 4.79 Å². The molecule has 0 bridgehead atoms. The molecule has 0 aromatic heterocycles. The smallest absolute Gasteiger partial charge is 0.410 e. The molecular formula is C24H26N2O2. The van der Waals surface area contributed by atoms with Gasteiger partial charge in [0.2, 0.25) is 0 Å². The van der Waals surface area contributed by atoms with Crippen LogP contribution in [0.4, 0.5) is 10.5 Å². The Morgan fingerprint density at radius 3 is 2.79 bits per heavy atom. The van der Waals surface area contributed by atoms with Crippen molar-refractivity contribution in [2.24, 2.45) is 0 Å². The van der Waals surface area contributed by atoms with E-state index in [-0.39, 0.29) is 12.0 Å². The third-order valence-corrected chi connectivity index (χ3v) is 5.81. The molecule has 0 spiro atoms. The van der Waals surface area contributed by atoms with E-state index in [0.717, 1.165) is 30.5 Å². The third-order valence-electron chi connectivity index (χ3n) is 5.81. The molecule has 0 N–H and O–H groups in total. The van der Waals surface area contributed by atoms with E-state index < -0.39 is 0 Å². The number of anilines is 1. The molecule has 144 valence electrons. The van der Waals surface area contributed by atoms with Gasteiger partial charge in [-0.05, 0) is 30.0 Å². The van der Waals surface area contributed by atoms with Gasteiger partial charge >= 0.3 is 6.09 Å². The van der Waals surface area contributed by atoms with Gasteiger partial charge in [-0.3, -0.25) is 0 Å². The van der Waals surface area contributed by atoms with E-state index in [4.69, 9.17) is 11.2 Å². The van der Waals surface area contributed by atoms with Crippen molar-refractivity contribution < 1.29 is 9.53 Å². The summed E-state index contributed by atoms with van der Waals surface area (Å²) < 4.78 is 5.56. The zero-order valence-corrected chi connectivity index (χ0v) is 16.3. The van der Waals surface area contributed by atoms with Crippen LogP contribution in [0.1, 0.15) is 42.4 Å². The first-order valence-corrected chi connectivity index (χ1v) is 10.0. The molecule has 2 aliphatic heterocycles. The summed E-state index contributed by atoms with van der Waals surface area (Å²) in [7, 11) is 0. The Labute approximate surface area is 167 Å². The minimum Gasteiger partial charge on any atom is -0.445 e. The zero-order valence-electron chi connectivity index (χ0n) is 16.3. The quantitative estimate of drug-likeness (QED) is 0.744. The standard InChI is InChI=1S/C24H26N2O2/c1-3-14-26-22-13-15-25(24(27)28-17-18-9-6-5-7-10-18)16-21(22)20-12-8-11-19(4-2)23(20)26/h2,5-12,21-22H,3,13-17H2,1H3. The first kappa shape index (κ1) is 18.4. The lowest BCUT2D eigenvalue weighted by molar-refractivity contribution is 0.0837. The number of carbonyl (C=O) groups is 1. The van der Waals surface area contributed by atoms with E-state index in [1.807, 2.05) is 47.4 Å². The zero-order chi connectivity index (χ0) is 19.5. The van der Waals surface area contributed by atoms with Crippen LogP contribution in [0.3, 0.4) is 0 Å². The number of ether oxygens (including phenoxy) is 1. The Balaban J connectivity index is 1.51. The lowest BCUT2D eigenvalue weighted by Crippen LogP contribution is -2.48. The molecule has 2 aromatic rings. The van der Waals surface area contributed by atoms with Crippen LogP contribution in [0.5, 0.6) is 0 Å². The average molecular weight is 374 g/mol. The SMILES string of the molecule is C#Cc1cccc2c1N(CCC)C1CCN(C(=O)OCc3ccccc3)CC21. The Morgan fingerprint density at radius 1 is 1.21 bits per heavy atom. The topological polar surface area (TPSA) is 32.8 Å². The van der Waals surface area contributed by atoms with Crippen molar-refractivity contribution >= 4 is 11.8 Å². The van der Waals surface area contributed by atoms with Gasteiger partial charge < -0.3 is 14.5 Å². The number of fused-ring (bicyclic) bond motifs is 3. The monoisotopic (exact) mass is 374 g/mol. The minimum atomic E-state index is -0.231. The highest BCUT2D eigenvalue weighted by Crippen LogP contribution is 2.46. The number of hydrogen-bond donors (Lipinski definition) is 0. The first-order chi connectivity index (χ1) is 13.7. The Bertz CT molecular complexity index is 887. The molecule has 1 saturated heterocycles. The number of likely N-dealkylation sites (tertiary alicyclic amines) is 1. The molecule has 2 heterocycles. The third kappa shape index (κ3) is 3.33. The highest BCUT2D eigenvalue weighted by atomic mass is 16.6. The van der Waals surface area contributed by atoms with Crippen LogP contribution < -0.4 is 4.90 Å². The second kappa shape index (κ2) is 7.98. The van der Waals surface area contributed by atoms with Crippen molar-refractivity contribution in [3.63, 3.8) is 0 Å². The van der Waals surface area contributed by atoms with E-state index in [0.29, 0.717) is 25.7 Å². The summed E-state index contributed by atoms with van der Waals surface area (Å²) in [6.07, 6.45) is 7.56. The molecule has 2 aliphatic rings. The predicted molar refractivity (Wildman–Crippen MR) is 111 cm³/mol. The maximum atomic E-state index is 12.7. The predicted octanol–water partition coefficient (Wildman–Crippen LogP) is 4.39.